The van der Waals surface area contributed by atoms with Gasteiger partial charge in [-0.15, -0.1) is 0 Å². The van der Waals surface area contributed by atoms with Crippen molar-refractivity contribution in [2.24, 2.45) is 0 Å². The first-order valence-electron chi connectivity index (χ1n) is 4.27. The van der Waals surface area contributed by atoms with Crippen LogP contribution in [0.25, 0.3) is 0 Å². The molecule has 1 aliphatic rings. The molecule has 1 aromatic rings. The minimum Gasteiger partial charge on any atom is -1.00 e. The van der Waals surface area contributed by atoms with Crippen molar-refractivity contribution < 1.29 is 22.2 Å². The minimum absolute atomic E-state index is 0. The summed E-state index contributed by atoms with van der Waals surface area (Å²) in [4.78, 5) is 17.4. The number of urea groups is 1. The molecule has 2 rings (SSSR count). The molecule has 0 radical (unpaired) electrons. The third-order valence-electron chi connectivity index (χ3n) is 2.07. The lowest BCUT2D eigenvalue weighted by atomic mass is 10.5. The zero-order chi connectivity index (χ0) is 10.1. The predicted octanol–water partition coefficient (Wildman–Crippen LogP) is -4.16. The number of nitrogens with one attached hydrogen (secondary N) is 4. The zero-order valence-electron chi connectivity index (χ0n) is 8.41. The summed E-state index contributed by atoms with van der Waals surface area (Å²) in [5, 5.41) is 2.85. The monoisotopic (exact) mass is 232 g/mol. The lowest BCUT2D eigenvalue weighted by Gasteiger charge is -2.35. The van der Waals surface area contributed by atoms with E-state index in [4.69, 9.17) is 0 Å². The largest absolute Gasteiger partial charge is 1.00 e. The Hall–Kier alpha value is -1.31. The summed E-state index contributed by atoms with van der Waals surface area (Å²) in [6, 6.07) is -0.132. The van der Waals surface area contributed by atoms with Crippen molar-refractivity contribution in [2.75, 3.05) is 14.1 Å². The second-order valence-electron chi connectivity index (χ2n) is 3.13. The van der Waals surface area contributed by atoms with Gasteiger partial charge in [0.05, 0.1) is 0 Å². The number of aromatic nitrogens is 2. The van der Waals surface area contributed by atoms with Crippen LogP contribution in [0.3, 0.4) is 0 Å². The van der Waals surface area contributed by atoms with E-state index in [0.717, 1.165) is 5.82 Å². The molecule has 1 aliphatic heterocycles. The highest BCUT2D eigenvalue weighted by Crippen LogP contribution is 2.07. The maximum Gasteiger partial charge on any atom is 0.348 e. The predicted molar refractivity (Wildman–Crippen MR) is 47.3 cm³/mol. The zero-order valence-corrected chi connectivity index (χ0v) is 9.17. The van der Waals surface area contributed by atoms with E-state index in [1.54, 1.807) is 26.5 Å². The number of carbonyl (C=O) groups excluding carboxylic acids is 1. The average Bonchev–Trinajstić information content (AvgIpc) is 2.66. The number of hydrogen-bond acceptors (Lipinski definition) is 3. The molecule has 0 bridgehead atoms. The molecule has 1 fully saturated rings. The van der Waals surface area contributed by atoms with Crippen LogP contribution in [0.15, 0.2) is 12.4 Å². The van der Waals surface area contributed by atoms with Crippen molar-refractivity contribution in [3.63, 3.8) is 0 Å². The Morgan fingerprint density at radius 1 is 1.33 bits per heavy atom. The van der Waals surface area contributed by atoms with E-state index < -0.39 is 0 Å². The number of carbonyl (C=O) groups is 1. The van der Waals surface area contributed by atoms with Crippen molar-refractivity contribution in [1.82, 2.24) is 25.9 Å². The number of H-pyrrole nitrogens is 2. The minimum atomic E-state index is -0.155. The number of amides is 2. The maximum atomic E-state index is 11.3. The molecule has 0 saturated carbocycles. The van der Waals surface area contributed by atoms with E-state index in [0.29, 0.717) is 0 Å². The number of hydrazine groups is 2. The molecule has 84 valence electrons. The molecular weight excluding hydrogens is 220 g/mol. The molecule has 0 atom stereocenters. The van der Waals surface area contributed by atoms with Gasteiger partial charge in [-0.05, 0) is 0 Å². The van der Waals surface area contributed by atoms with Crippen molar-refractivity contribution in [3.05, 3.63) is 18.2 Å². The summed E-state index contributed by atoms with van der Waals surface area (Å²) in [5.41, 5.74) is 5.93. The van der Waals surface area contributed by atoms with Crippen LogP contribution >= 0.6 is 0 Å². The van der Waals surface area contributed by atoms with Gasteiger partial charge in [-0.25, -0.2) is 25.6 Å². The number of aromatic amines is 2. The van der Waals surface area contributed by atoms with Gasteiger partial charge in [-0.1, -0.05) is 0 Å². The first kappa shape index (κ1) is 11.8. The second-order valence-corrected chi connectivity index (χ2v) is 3.13. The van der Waals surface area contributed by atoms with Gasteiger partial charge in [-0.2, -0.15) is 0 Å². The summed E-state index contributed by atoms with van der Waals surface area (Å²) in [6.07, 6.45) is 3.42. The van der Waals surface area contributed by atoms with Crippen LogP contribution in [-0.2, 0) is 0 Å². The fraction of sp³-hybridized carbons (Fsp3) is 0.429. The Bertz CT molecular complexity index is 314. The molecule has 4 N–H and O–H groups in total. The van der Waals surface area contributed by atoms with E-state index >= 15 is 0 Å². The molecule has 0 aliphatic carbocycles. The van der Waals surface area contributed by atoms with Crippen molar-refractivity contribution >= 4 is 6.03 Å². The van der Waals surface area contributed by atoms with Gasteiger partial charge in [0.2, 0.25) is 0 Å². The normalized spacial score (nSPS) is 17.9. The Kier molecular flexibility index (Phi) is 3.51. The molecule has 7 nitrogen and oxygen atoms in total. The van der Waals surface area contributed by atoms with Crippen LogP contribution < -0.4 is 28.2 Å². The lowest BCUT2D eigenvalue weighted by Crippen LogP contribution is -3.00. The second kappa shape index (κ2) is 4.47. The topological polar surface area (TPSA) is 77.5 Å². The van der Waals surface area contributed by atoms with Crippen LogP contribution in [0.2, 0.25) is 0 Å². The van der Waals surface area contributed by atoms with Gasteiger partial charge in [0.25, 0.3) is 5.82 Å². The summed E-state index contributed by atoms with van der Waals surface area (Å²) in [5.74, 6) is 0.858. The summed E-state index contributed by atoms with van der Waals surface area (Å²) >= 11 is 0. The fourth-order valence-corrected chi connectivity index (χ4v) is 1.35. The van der Waals surface area contributed by atoms with Gasteiger partial charge < -0.3 is 12.4 Å². The lowest BCUT2D eigenvalue weighted by molar-refractivity contribution is -0.395. The SMILES string of the molecule is CN1NC(c2[nH]cc[nH+]2)NN(C)C1=O.[Cl-]. The van der Waals surface area contributed by atoms with Gasteiger partial charge in [0.1, 0.15) is 12.4 Å². The van der Waals surface area contributed by atoms with E-state index in [2.05, 4.69) is 20.8 Å². The third kappa shape index (κ3) is 2.20. The Morgan fingerprint density at radius 2 is 1.93 bits per heavy atom. The summed E-state index contributed by atoms with van der Waals surface area (Å²) in [6.45, 7) is 0. The molecule has 8 heteroatoms. The van der Waals surface area contributed by atoms with Gasteiger partial charge in [0, 0.05) is 14.1 Å². The highest BCUT2D eigenvalue weighted by molar-refractivity contribution is 5.73. The average molecular weight is 233 g/mol. The maximum absolute atomic E-state index is 11.3. The molecule has 0 unspecified atom stereocenters. The van der Waals surface area contributed by atoms with Crippen molar-refractivity contribution in [1.29, 1.82) is 0 Å². The van der Waals surface area contributed by atoms with Gasteiger partial charge in [0.15, 0.2) is 6.17 Å². The summed E-state index contributed by atoms with van der Waals surface area (Å²) in [7, 11) is 3.35. The molecule has 2 heterocycles. The number of hydrogen-bond donors (Lipinski definition) is 3. The van der Waals surface area contributed by atoms with Gasteiger partial charge in [-0.3, -0.25) is 10.0 Å². The molecule has 2 amide bonds. The van der Waals surface area contributed by atoms with E-state index in [1.165, 1.54) is 10.0 Å². The highest BCUT2D eigenvalue weighted by atomic mass is 35.5. The number of nitrogens with zero attached hydrogens (tertiary/aromatic N) is 2. The smallest absolute Gasteiger partial charge is 0.348 e. The molecular formula is C7H13ClN6O. The first-order chi connectivity index (χ1) is 6.68. The first-order valence-corrected chi connectivity index (χ1v) is 4.27. The van der Waals surface area contributed by atoms with E-state index in [-0.39, 0.29) is 24.6 Å². The van der Waals surface area contributed by atoms with Crippen LogP contribution in [0.5, 0.6) is 0 Å². The van der Waals surface area contributed by atoms with Crippen LogP contribution in [-0.4, -0.2) is 35.1 Å². The standard InChI is InChI=1S/C7H12N6O.ClH/c1-12-7(14)13(2)11-6(10-12)5-8-3-4-9-5;/h3-4,6,10-11H,1-2H3,(H,8,9);1H. The molecule has 15 heavy (non-hydrogen) atoms. The third-order valence-corrected chi connectivity index (χ3v) is 2.07. The van der Waals surface area contributed by atoms with Crippen LogP contribution in [0, 0.1) is 0 Å². The van der Waals surface area contributed by atoms with E-state index in [9.17, 15) is 4.79 Å². The quantitative estimate of drug-likeness (QED) is 0.460. The Labute approximate surface area is 93.2 Å². The number of halogens is 1. The molecule has 1 aromatic heterocycles. The van der Waals surface area contributed by atoms with Crippen molar-refractivity contribution in [2.45, 2.75) is 6.17 Å². The number of imidazole rings is 1. The summed E-state index contributed by atoms with van der Waals surface area (Å²) < 4.78 is 0. The van der Waals surface area contributed by atoms with Crippen molar-refractivity contribution in [3.8, 4) is 0 Å². The number of rotatable bonds is 1. The molecule has 1 saturated heterocycles. The molecule has 0 aromatic carbocycles. The molecule has 0 spiro atoms. The van der Waals surface area contributed by atoms with Gasteiger partial charge >= 0.3 is 6.03 Å². The Morgan fingerprint density at radius 3 is 2.40 bits per heavy atom. The van der Waals surface area contributed by atoms with Crippen LogP contribution in [0.4, 0.5) is 4.79 Å². The fourth-order valence-electron chi connectivity index (χ4n) is 1.35. The highest BCUT2D eigenvalue weighted by Gasteiger charge is 2.30. The van der Waals surface area contributed by atoms with E-state index in [1.807, 2.05) is 0 Å². The Balaban J connectivity index is 0.00000112. The van der Waals surface area contributed by atoms with Crippen LogP contribution in [0.1, 0.15) is 12.0 Å².